The fraction of sp³-hybridized carbons (Fsp3) is 0.750. The van der Waals surface area contributed by atoms with Crippen LogP contribution >= 0.6 is 0 Å². The summed E-state index contributed by atoms with van der Waals surface area (Å²) in [5.41, 5.74) is 0. The van der Waals surface area contributed by atoms with Gasteiger partial charge >= 0.3 is 0 Å². The highest BCUT2D eigenvalue weighted by Crippen LogP contribution is 2.03. The number of likely N-dealkylation sites (N-methyl/N-ethyl adjacent to an activating group) is 1. The van der Waals surface area contributed by atoms with Crippen LogP contribution in [0.4, 0.5) is 0 Å². The molecular weight excluding hydrogens is 174 g/mol. The Kier molecular flexibility index (Phi) is 8.30. The first-order chi connectivity index (χ1) is 6.66. The molecule has 0 heterocycles. The van der Waals surface area contributed by atoms with Crippen molar-refractivity contribution in [1.82, 2.24) is 4.90 Å². The van der Waals surface area contributed by atoms with Crippen molar-refractivity contribution < 1.29 is 4.79 Å². The van der Waals surface area contributed by atoms with E-state index in [2.05, 4.69) is 13.0 Å². The fourth-order valence-corrected chi connectivity index (χ4v) is 1.35. The molecule has 0 atom stereocenters. The molecule has 0 N–H and O–H groups in total. The molecule has 0 aromatic carbocycles. The van der Waals surface area contributed by atoms with Crippen molar-refractivity contribution in [3.8, 4) is 0 Å². The van der Waals surface area contributed by atoms with E-state index >= 15 is 0 Å². The Balaban J connectivity index is 3.37. The molecule has 0 unspecified atom stereocenters. The van der Waals surface area contributed by atoms with Gasteiger partial charge in [-0.3, -0.25) is 4.79 Å². The zero-order chi connectivity index (χ0) is 10.8. The molecular formula is C12H23NO. The predicted octanol–water partition coefficient (Wildman–Crippen LogP) is 2.99. The SMILES string of the molecule is CCCCCCC=CN(C)CC(C)=O. The van der Waals surface area contributed by atoms with Crippen molar-refractivity contribution in [1.29, 1.82) is 0 Å². The van der Waals surface area contributed by atoms with E-state index in [0.717, 1.165) is 6.42 Å². The summed E-state index contributed by atoms with van der Waals surface area (Å²) in [5, 5.41) is 0. The summed E-state index contributed by atoms with van der Waals surface area (Å²) in [6.45, 7) is 4.35. The standard InChI is InChI=1S/C12H23NO/c1-4-5-6-7-8-9-10-13(3)11-12(2)14/h9-10H,4-8,11H2,1-3H3. The first-order valence-electron chi connectivity index (χ1n) is 5.53. The molecule has 0 bridgehead atoms. The van der Waals surface area contributed by atoms with Gasteiger partial charge in [0.2, 0.25) is 0 Å². The van der Waals surface area contributed by atoms with Gasteiger partial charge in [-0.25, -0.2) is 0 Å². The molecule has 0 fully saturated rings. The summed E-state index contributed by atoms with van der Waals surface area (Å²) in [5.74, 6) is 0.211. The van der Waals surface area contributed by atoms with Gasteiger partial charge in [-0.05, 0) is 26.0 Å². The Morgan fingerprint density at radius 2 is 2.00 bits per heavy atom. The number of hydrogen-bond donors (Lipinski definition) is 0. The van der Waals surface area contributed by atoms with Gasteiger partial charge in [0.05, 0.1) is 6.54 Å². The van der Waals surface area contributed by atoms with E-state index in [1.54, 1.807) is 6.92 Å². The van der Waals surface area contributed by atoms with Crippen molar-refractivity contribution in [3.63, 3.8) is 0 Å². The van der Waals surface area contributed by atoms with Gasteiger partial charge in [-0.1, -0.05) is 32.3 Å². The summed E-state index contributed by atoms with van der Waals surface area (Å²) in [6.07, 6.45) is 10.5. The average Bonchev–Trinajstić information content (AvgIpc) is 2.10. The predicted molar refractivity (Wildman–Crippen MR) is 61.2 cm³/mol. The lowest BCUT2D eigenvalue weighted by atomic mass is 10.1. The van der Waals surface area contributed by atoms with E-state index in [0.29, 0.717) is 6.54 Å². The lowest BCUT2D eigenvalue weighted by molar-refractivity contribution is -0.117. The number of unbranched alkanes of at least 4 members (excludes halogenated alkanes) is 4. The first kappa shape index (κ1) is 13.2. The second kappa shape index (κ2) is 8.79. The first-order valence-corrected chi connectivity index (χ1v) is 5.53. The molecule has 82 valence electrons. The second-order valence-electron chi connectivity index (χ2n) is 3.85. The molecule has 0 amide bonds. The third-order valence-electron chi connectivity index (χ3n) is 2.06. The van der Waals surface area contributed by atoms with Gasteiger partial charge < -0.3 is 4.90 Å². The largest absolute Gasteiger partial charge is 0.373 e. The van der Waals surface area contributed by atoms with Gasteiger partial charge in [0.15, 0.2) is 0 Å². The Morgan fingerprint density at radius 3 is 2.57 bits per heavy atom. The summed E-state index contributed by atoms with van der Waals surface area (Å²) in [7, 11) is 1.93. The van der Waals surface area contributed by atoms with Gasteiger partial charge in [0, 0.05) is 7.05 Å². The average molecular weight is 197 g/mol. The van der Waals surface area contributed by atoms with E-state index in [4.69, 9.17) is 0 Å². The highest BCUT2D eigenvalue weighted by molar-refractivity contribution is 5.77. The molecule has 0 rings (SSSR count). The Morgan fingerprint density at radius 1 is 1.29 bits per heavy atom. The van der Waals surface area contributed by atoms with Crippen LogP contribution in [0.15, 0.2) is 12.3 Å². The minimum Gasteiger partial charge on any atom is -0.373 e. The lowest BCUT2D eigenvalue weighted by Crippen LogP contribution is -2.18. The van der Waals surface area contributed by atoms with Crippen molar-refractivity contribution in [3.05, 3.63) is 12.3 Å². The maximum absolute atomic E-state index is 10.8. The van der Waals surface area contributed by atoms with Gasteiger partial charge in [-0.15, -0.1) is 0 Å². The van der Waals surface area contributed by atoms with E-state index in [1.807, 2.05) is 18.1 Å². The van der Waals surface area contributed by atoms with Crippen LogP contribution in [0, 0.1) is 0 Å². The van der Waals surface area contributed by atoms with Crippen molar-refractivity contribution in [2.75, 3.05) is 13.6 Å². The molecule has 0 aromatic heterocycles. The summed E-state index contributed by atoms with van der Waals surface area (Å²) in [6, 6.07) is 0. The van der Waals surface area contributed by atoms with Crippen LogP contribution in [0.3, 0.4) is 0 Å². The molecule has 0 saturated carbocycles. The van der Waals surface area contributed by atoms with Crippen LogP contribution in [0.1, 0.15) is 46.0 Å². The second-order valence-corrected chi connectivity index (χ2v) is 3.85. The number of carbonyl (C=O) groups excluding carboxylic acids is 1. The molecule has 0 saturated heterocycles. The molecule has 0 aliphatic rings. The summed E-state index contributed by atoms with van der Waals surface area (Å²) < 4.78 is 0. The maximum Gasteiger partial charge on any atom is 0.148 e. The number of hydrogen-bond acceptors (Lipinski definition) is 2. The van der Waals surface area contributed by atoms with Crippen LogP contribution in [-0.4, -0.2) is 24.3 Å². The molecule has 0 spiro atoms. The third-order valence-corrected chi connectivity index (χ3v) is 2.06. The molecule has 0 aliphatic heterocycles. The molecule has 2 heteroatoms. The smallest absolute Gasteiger partial charge is 0.148 e. The molecule has 2 nitrogen and oxygen atoms in total. The Labute approximate surface area is 88.0 Å². The summed E-state index contributed by atoms with van der Waals surface area (Å²) in [4.78, 5) is 12.7. The molecule has 0 aliphatic carbocycles. The highest BCUT2D eigenvalue weighted by Gasteiger charge is 1.94. The monoisotopic (exact) mass is 197 g/mol. The minimum atomic E-state index is 0.211. The number of allylic oxidation sites excluding steroid dienone is 1. The fourth-order valence-electron chi connectivity index (χ4n) is 1.35. The van der Waals surface area contributed by atoms with Crippen molar-refractivity contribution in [2.45, 2.75) is 46.0 Å². The van der Waals surface area contributed by atoms with Crippen LogP contribution in [0.25, 0.3) is 0 Å². The quantitative estimate of drug-likeness (QED) is 0.557. The van der Waals surface area contributed by atoms with Crippen LogP contribution in [0.5, 0.6) is 0 Å². The normalized spacial score (nSPS) is 10.8. The number of rotatable bonds is 8. The maximum atomic E-state index is 10.8. The number of Topliss-reactive ketones (excluding diaryl/α,β-unsaturated/α-hetero) is 1. The highest BCUT2D eigenvalue weighted by atomic mass is 16.1. The molecule has 0 radical (unpaired) electrons. The van der Waals surface area contributed by atoms with E-state index < -0.39 is 0 Å². The molecule has 14 heavy (non-hydrogen) atoms. The number of ketones is 1. The van der Waals surface area contributed by atoms with Crippen molar-refractivity contribution >= 4 is 5.78 Å². The minimum absolute atomic E-state index is 0.211. The zero-order valence-electron chi connectivity index (χ0n) is 9.75. The third kappa shape index (κ3) is 9.30. The van der Waals surface area contributed by atoms with Gasteiger partial charge in [0.25, 0.3) is 0 Å². The van der Waals surface area contributed by atoms with E-state index in [9.17, 15) is 4.79 Å². The number of carbonyl (C=O) groups is 1. The van der Waals surface area contributed by atoms with E-state index in [-0.39, 0.29) is 5.78 Å². The topological polar surface area (TPSA) is 20.3 Å². The summed E-state index contributed by atoms with van der Waals surface area (Å²) >= 11 is 0. The van der Waals surface area contributed by atoms with Crippen molar-refractivity contribution in [2.24, 2.45) is 0 Å². The zero-order valence-corrected chi connectivity index (χ0v) is 9.75. The van der Waals surface area contributed by atoms with Gasteiger partial charge in [0.1, 0.15) is 5.78 Å². The molecule has 0 aromatic rings. The Hall–Kier alpha value is -0.790. The van der Waals surface area contributed by atoms with Crippen LogP contribution < -0.4 is 0 Å². The van der Waals surface area contributed by atoms with Gasteiger partial charge in [-0.2, -0.15) is 0 Å². The van der Waals surface area contributed by atoms with Crippen LogP contribution in [-0.2, 0) is 4.79 Å². The van der Waals surface area contributed by atoms with E-state index in [1.165, 1.54) is 25.7 Å². The van der Waals surface area contributed by atoms with Crippen LogP contribution in [0.2, 0.25) is 0 Å². The lowest BCUT2D eigenvalue weighted by Gasteiger charge is -2.10. The number of nitrogens with zero attached hydrogens (tertiary/aromatic N) is 1. The Bertz CT molecular complexity index is 175.